The van der Waals surface area contributed by atoms with Gasteiger partial charge in [0.05, 0.1) is 71.9 Å². The number of pyridine rings is 1. The van der Waals surface area contributed by atoms with E-state index in [0.29, 0.717) is 17.8 Å². The van der Waals surface area contributed by atoms with Crippen molar-refractivity contribution in [3.05, 3.63) is 291 Å². The molecule has 5 aromatic heterocycles. The van der Waals surface area contributed by atoms with Crippen LogP contribution >= 0.6 is 0 Å². The molecule has 0 N–H and O–H groups in total. The Morgan fingerprint density at radius 1 is 0.289 bits per heavy atom. The highest BCUT2D eigenvalue weighted by atomic mass is 15.2. The molecule has 9 heteroatoms. The molecular weight excluding hydrogens is 1100 g/mol. The van der Waals surface area contributed by atoms with E-state index >= 15 is 0 Å². The number of benzene rings is 11. The third-order valence-electron chi connectivity index (χ3n) is 20.2. The zero-order valence-electron chi connectivity index (χ0n) is 49.7. The first-order valence-electron chi connectivity index (χ1n) is 32.0. The van der Waals surface area contributed by atoms with Crippen molar-refractivity contribution in [2.75, 3.05) is 9.80 Å². The van der Waals surface area contributed by atoms with Gasteiger partial charge in [0.2, 0.25) is 0 Å². The molecule has 4 bridgehead atoms. The van der Waals surface area contributed by atoms with E-state index in [9.17, 15) is 0 Å². The molecule has 5 heterocycles. The van der Waals surface area contributed by atoms with E-state index in [-0.39, 0.29) is 5.54 Å². The molecule has 90 heavy (non-hydrogen) atoms. The van der Waals surface area contributed by atoms with E-state index in [1.165, 1.54) is 30.3 Å². The first kappa shape index (κ1) is 51.1. The summed E-state index contributed by atoms with van der Waals surface area (Å²) >= 11 is 0. The number of rotatable bonds is 10. The molecule has 0 amide bonds. The molecule has 0 radical (unpaired) electrons. The molecule has 4 aliphatic rings. The van der Waals surface area contributed by atoms with Crippen LogP contribution < -0.4 is 9.80 Å². The molecule has 4 saturated carbocycles. The Labute approximate surface area is 520 Å². The lowest BCUT2D eigenvalue weighted by atomic mass is 9.52. The molecular formula is C81H63N9. The minimum atomic E-state index is -0.167. The fourth-order valence-corrected chi connectivity index (χ4v) is 17.2. The molecule has 0 spiro atoms. The number of aromatic nitrogens is 7. The van der Waals surface area contributed by atoms with Gasteiger partial charge in [0.25, 0.3) is 0 Å². The quantitative estimate of drug-likeness (QED) is 0.101. The maximum absolute atomic E-state index is 6.08. The summed E-state index contributed by atoms with van der Waals surface area (Å²) < 4.78 is 15.6. The van der Waals surface area contributed by atoms with Crippen LogP contribution in [0.1, 0.15) is 38.5 Å². The molecule has 0 atom stereocenters. The predicted molar refractivity (Wildman–Crippen MR) is 370 cm³/mol. The number of fused-ring (bicyclic) bond motifs is 8. The van der Waals surface area contributed by atoms with Crippen LogP contribution in [-0.4, -0.2) is 32.1 Å². The second-order valence-corrected chi connectivity index (χ2v) is 25.5. The van der Waals surface area contributed by atoms with Crippen molar-refractivity contribution in [3.8, 4) is 17.1 Å². The van der Waals surface area contributed by atoms with Gasteiger partial charge in [-0.1, -0.05) is 152 Å². The first-order valence-corrected chi connectivity index (χ1v) is 32.0. The SMILES string of the molecule is c1ccc(N(c2ccccc2)c2cc3c4c(c2)n(-c2ccccc2)c2cc5c(cc2n4c2ccccc2n3-c2ccccc2)n2c3ccccc3n(-c3ccccc3)c3nc(N(c4ccccc4)c4ccccc4)cc(c32)n5C23CC4CC(CC(C4)C2)C3)cc1. The zero-order valence-corrected chi connectivity index (χ0v) is 49.7. The van der Waals surface area contributed by atoms with E-state index in [0.717, 1.165) is 137 Å². The van der Waals surface area contributed by atoms with Crippen LogP contribution in [0, 0.1) is 17.8 Å². The second-order valence-electron chi connectivity index (χ2n) is 25.5. The van der Waals surface area contributed by atoms with Gasteiger partial charge in [-0.25, -0.2) is 4.98 Å². The number of anilines is 6. The zero-order chi connectivity index (χ0) is 59.0. The van der Waals surface area contributed by atoms with Gasteiger partial charge >= 0.3 is 0 Å². The number of nitrogens with zero attached hydrogens (tertiary/aromatic N) is 9. The van der Waals surface area contributed by atoms with Gasteiger partial charge in [0.1, 0.15) is 11.3 Å². The van der Waals surface area contributed by atoms with E-state index < -0.39 is 0 Å². The van der Waals surface area contributed by atoms with Crippen molar-refractivity contribution in [2.45, 2.75) is 44.1 Å². The standard InChI is InChI=1S/C81H63N9/c1-8-26-58(27-9-1)83(59-28-10-2-11-29-59)65-47-74-78-75(48-65)86(63-36-18-6-19-37-63)70-50-73-72(49-71(70)88(78)68-42-24-22-40-66(68)85(74)62-34-16-5-17-35-62)89-69-43-25-23-41-67(69)87(64-38-20-7-21-39-64)80-79(89)76(90(73)81-52-55-44-56(53-81)46-57(45-55)54-81)51-77(82-80)84(60-30-12-3-13-31-60)61-32-14-4-15-33-61/h1-43,47-51,55-57H,44-46,52-54H2. The Morgan fingerprint density at radius 2 is 0.656 bits per heavy atom. The van der Waals surface area contributed by atoms with Crippen molar-refractivity contribution >= 4 is 112 Å². The fourth-order valence-electron chi connectivity index (χ4n) is 17.2. The number of para-hydroxylation sites is 11. The van der Waals surface area contributed by atoms with Crippen LogP contribution in [0.5, 0.6) is 0 Å². The van der Waals surface area contributed by atoms with Gasteiger partial charge in [-0.2, -0.15) is 0 Å². The summed E-state index contributed by atoms with van der Waals surface area (Å²) in [5.74, 6) is 2.86. The molecule has 0 unspecified atom stereocenters. The Bertz CT molecular complexity index is 5390. The predicted octanol–water partition coefficient (Wildman–Crippen LogP) is 20.7. The summed E-state index contributed by atoms with van der Waals surface area (Å²) in [5, 5.41) is 0. The maximum atomic E-state index is 6.08. The summed E-state index contributed by atoms with van der Waals surface area (Å²) in [4.78, 5) is 10.9. The van der Waals surface area contributed by atoms with Crippen LogP contribution in [0.15, 0.2) is 291 Å². The van der Waals surface area contributed by atoms with E-state index in [1.807, 2.05) is 0 Å². The minimum absolute atomic E-state index is 0.167. The highest BCUT2D eigenvalue weighted by Gasteiger charge is 2.53. The molecule has 11 aromatic carbocycles. The molecule has 16 aromatic rings. The lowest BCUT2D eigenvalue weighted by molar-refractivity contribution is -0.0389. The van der Waals surface area contributed by atoms with Gasteiger partial charge in [0.15, 0.2) is 5.65 Å². The highest BCUT2D eigenvalue weighted by molar-refractivity contribution is 6.11. The van der Waals surface area contributed by atoms with Gasteiger partial charge in [0, 0.05) is 51.4 Å². The van der Waals surface area contributed by atoms with Gasteiger partial charge < -0.3 is 27.4 Å². The summed E-state index contributed by atoms with van der Waals surface area (Å²) in [6.07, 6.45) is 7.39. The van der Waals surface area contributed by atoms with Crippen LogP contribution in [-0.2, 0) is 5.54 Å². The van der Waals surface area contributed by atoms with Gasteiger partial charge in [-0.05, 0) is 190 Å². The third-order valence-corrected chi connectivity index (χ3v) is 20.2. The van der Waals surface area contributed by atoms with Crippen molar-refractivity contribution < 1.29 is 0 Å². The summed E-state index contributed by atoms with van der Waals surface area (Å²) in [6, 6.07) is 107. The monoisotopic (exact) mass is 1160 g/mol. The van der Waals surface area contributed by atoms with Crippen molar-refractivity contribution in [1.29, 1.82) is 0 Å². The molecule has 0 saturated heterocycles. The molecule has 4 aliphatic carbocycles. The van der Waals surface area contributed by atoms with Crippen LogP contribution in [0.2, 0.25) is 0 Å². The third kappa shape index (κ3) is 7.71. The maximum Gasteiger partial charge on any atom is 0.166 e. The summed E-state index contributed by atoms with van der Waals surface area (Å²) in [5.41, 5.74) is 23.8. The topological polar surface area (TPSA) is 47.9 Å². The molecule has 4 fully saturated rings. The Balaban J connectivity index is 1.06. The lowest BCUT2D eigenvalue weighted by Gasteiger charge is -2.58. The highest BCUT2D eigenvalue weighted by Crippen LogP contribution is 2.60. The smallest absolute Gasteiger partial charge is 0.166 e. The average Bonchev–Trinajstić information content (AvgIpc) is 0.695. The van der Waals surface area contributed by atoms with Crippen LogP contribution in [0.25, 0.3) is 94.4 Å². The number of hydrogen-bond donors (Lipinski definition) is 0. The van der Waals surface area contributed by atoms with Gasteiger partial charge in [-0.3, -0.25) is 9.47 Å². The largest absolute Gasteiger partial charge is 0.332 e. The normalized spacial score (nSPS) is 17.9. The Hall–Kier alpha value is -11.0. The second kappa shape index (κ2) is 20.0. The fraction of sp³-hybridized carbons (Fsp3) is 0.123. The summed E-state index contributed by atoms with van der Waals surface area (Å²) in [7, 11) is 0. The van der Waals surface area contributed by atoms with Crippen molar-refractivity contribution in [2.24, 2.45) is 17.8 Å². The Kier molecular flexibility index (Phi) is 11.3. The first-order chi connectivity index (χ1) is 44.6. The van der Waals surface area contributed by atoms with E-state index in [4.69, 9.17) is 4.98 Å². The molecule has 9 nitrogen and oxygen atoms in total. The van der Waals surface area contributed by atoms with Crippen LogP contribution in [0.4, 0.5) is 34.3 Å². The summed E-state index contributed by atoms with van der Waals surface area (Å²) in [6.45, 7) is 0. The van der Waals surface area contributed by atoms with Gasteiger partial charge in [-0.15, -0.1) is 0 Å². The minimum Gasteiger partial charge on any atom is -0.332 e. The average molecular weight is 1160 g/mol. The molecule has 20 rings (SSSR count). The van der Waals surface area contributed by atoms with Crippen molar-refractivity contribution in [1.82, 2.24) is 32.1 Å². The van der Waals surface area contributed by atoms with Crippen LogP contribution in [0.3, 0.4) is 0 Å². The van der Waals surface area contributed by atoms with E-state index in [2.05, 4.69) is 328 Å². The molecule has 432 valence electrons. The number of hydrogen-bond acceptors (Lipinski definition) is 3. The van der Waals surface area contributed by atoms with E-state index in [1.54, 1.807) is 0 Å². The Morgan fingerprint density at radius 3 is 1.13 bits per heavy atom. The van der Waals surface area contributed by atoms with Crippen molar-refractivity contribution in [3.63, 3.8) is 0 Å². The molecule has 0 aliphatic heterocycles. The lowest BCUT2D eigenvalue weighted by Crippen LogP contribution is -2.52.